The van der Waals surface area contributed by atoms with Crippen LogP contribution in [0.5, 0.6) is 0 Å². The Morgan fingerprint density at radius 2 is 1.83 bits per heavy atom. The molecule has 0 spiro atoms. The van der Waals surface area contributed by atoms with Gasteiger partial charge in [0.1, 0.15) is 6.42 Å². The van der Waals surface area contributed by atoms with Gasteiger partial charge in [-0.1, -0.05) is 29.8 Å². The summed E-state index contributed by atoms with van der Waals surface area (Å²) >= 11 is 0. The van der Waals surface area contributed by atoms with Crippen molar-refractivity contribution in [3.05, 3.63) is 65.2 Å². The number of amides is 2. The minimum atomic E-state index is -0.392. The first-order valence-corrected chi connectivity index (χ1v) is 7.19. The topological polar surface area (TPSA) is 82.0 Å². The van der Waals surface area contributed by atoms with E-state index in [0.29, 0.717) is 17.8 Å². The Morgan fingerprint density at radius 3 is 2.48 bits per heavy atom. The van der Waals surface area contributed by atoms with Gasteiger partial charge in [-0.25, -0.2) is 0 Å². The first-order valence-electron chi connectivity index (χ1n) is 7.19. The number of nitriles is 1. The lowest BCUT2D eigenvalue weighted by atomic mass is 10.1. The van der Waals surface area contributed by atoms with Gasteiger partial charge in [0.15, 0.2) is 0 Å². The number of carbonyl (C=O) groups is 2. The van der Waals surface area contributed by atoms with E-state index in [2.05, 4.69) is 10.6 Å². The lowest BCUT2D eigenvalue weighted by molar-refractivity contribution is -0.126. The third-order valence-electron chi connectivity index (χ3n) is 3.19. The van der Waals surface area contributed by atoms with Crippen LogP contribution in [0.1, 0.15) is 23.1 Å². The fourth-order valence-corrected chi connectivity index (χ4v) is 2.06. The number of aryl methyl sites for hydroxylation is 1. The molecule has 0 radical (unpaired) electrons. The van der Waals surface area contributed by atoms with E-state index in [1.807, 2.05) is 37.3 Å². The Bertz CT molecular complexity index is 746. The van der Waals surface area contributed by atoms with Crippen LogP contribution in [0, 0.1) is 18.3 Å². The third kappa shape index (κ3) is 5.29. The van der Waals surface area contributed by atoms with Crippen molar-refractivity contribution in [1.82, 2.24) is 5.32 Å². The number of anilines is 1. The molecule has 2 aromatic rings. The fraction of sp³-hybridized carbons (Fsp3) is 0.167. The zero-order valence-corrected chi connectivity index (χ0v) is 12.8. The molecule has 0 aromatic heterocycles. The van der Waals surface area contributed by atoms with E-state index in [1.54, 1.807) is 24.3 Å². The minimum absolute atomic E-state index is 0.244. The van der Waals surface area contributed by atoms with Gasteiger partial charge in [-0.15, -0.1) is 0 Å². The van der Waals surface area contributed by atoms with Crippen molar-refractivity contribution in [2.75, 3.05) is 5.32 Å². The molecule has 0 unspecified atom stereocenters. The summed E-state index contributed by atoms with van der Waals surface area (Å²) in [4.78, 5) is 23.6. The number of rotatable bonds is 5. The molecule has 5 heteroatoms. The second-order valence-electron chi connectivity index (χ2n) is 5.18. The van der Waals surface area contributed by atoms with E-state index in [9.17, 15) is 9.59 Å². The molecule has 0 aliphatic carbocycles. The van der Waals surface area contributed by atoms with Crippen molar-refractivity contribution in [3.8, 4) is 6.07 Å². The molecule has 0 saturated heterocycles. The van der Waals surface area contributed by atoms with Crippen molar-refractivity contribution < 1.29 is 9.59 Å². The van der Waals surface area contributed by atoms with E-state index < -0.39 is 5.91 Å². The molecule has 23 heavy (non-hydrogen) atoms. The molecule has 2 rings (SSSR count). The van der Waals surface area contributed by atoms with Crippen LogP contribution in [0.4, 0.5) is 5.69 Å². The molecule has 2 aromatic carbocycles. The number of carbonyl (C=O) groups excluding carboxylic acids is 2. The van der Waals surface area contributed by atoms with Crippen LogP contribution >= 0.6 is 0 Å². The van der Waals surface area contributed by atoms with Crippen LogP contribution in [0.25, 0.3) is 0 Å². The van der Waals surface area contributed by atoms with Gasteiger partial charge in [0, 0.05) is 12.2 Å². The highest BCUT2D eigenvalue weighted by atomic mass is 16.2. The van der Waals surface area contributed by atoms with Crippen molar-refractivity contribution in [2.45, 2.75) is 19.9 Å². The maximum atomic E-state index is 11.8. The molecule has 0 atom stereocenters. The standard InChI is InChI=1S/C18H17N3O2/c1-13-3-2-4-15(9-13)12-20-17(22)10-18(23)21-16-7-5-14(11-19)6-8-16/h2-9H,10,12H2,1H3,(H,20,22)(H,21,23). The largest absolute Gasteiger partial charge is 0.352 e. The summed E-state index contributed by atoms with van der Waals surface area (Å²) in [6.07, 6.45) is -0.244. The van der Waals surface area contributed by atoms with Crippen molar-refractivity contribution in [1.29, 1.82) is 5.26 Å². The zero-order valence-electron chi connectivity index (χ0n) is 12.8. The average Bonchev–Trinajstić information content (AvgIpc) is 2.53. The minimum Gasteiger partial charge on any atom is -0.352 e. The van der Waals surface area contributed by atoms with Crippen LogP contribution in [-0.2, 0) is 16.1 Å². The number of nitrogens with one attached hydrogen (secondary N) is 2. The van der Waals surface area contributed by atoms with Gasteiger partial charge < -0.3 is 10.6 Å². The first-order chi connectivity index (χ1) is 11.1. The normalized spacial score (nSPS) is 9.74. The summed E-state index contributed by atoms with van der Waals surface area (Å²) < 4.78 is 0. The van der Waals surface area contributed by atoms with Gasteiger partial charge in [0.25, 0.3) is 0 Å². The molecule has 0 fully saturated rings. The molecule has 2 N–H and O–H groups in total. The summed E-state index contributed by atoms with van der Waals surface area (Å²) in [5.74, 6) is -0.728. The number of benzene rings is 2. The highest BCUT2D eigenvalue weighted by Crippen LogP contribution is 2.09. The predicted octanol–water partition coefficient (Wildman–Crippen LogP) is 2.51. The molecule has 0 saturated carbocycles. The van der Waals surface area contributed by atoms with Crippen LogP contribution in [0.15, 0.2) is 48.5 Å². The molecule has 116 valence electrons. The first kappa shape index (κ1) is 16.2. The van der Waals surface area contributed by atoms with Gasteiger partial charge in [-0.2, -0.15) is 5.26 Å². The summed E-state index contributed by atoms with van der Waals surface area (Å²) in [6.45, 7) is 2.38. The Hall–Kier alpha value is -3.13. The maximum Gasteiger partial charge on any atom is 0.233 e. The third-order valence-corrected chi connectivity index (χ3v) is 3.19. The molecule has 0 aliphatic heterocycles. The van der Waals surface area contributed by atoms with E-state index in [4.69, 9.17) is 5.26 Å². The molecule has 0 heterocycles. The molecule has 0 bridgehead atoms. The van der Waals surface area contributed by atoms with E-state index in [-0.39, 0.29) is 12.3 Å². The van der Waals surface area contributed by atoms with Gasteiger partial charge in [-0.3, -0.25) is 9.59 Å². The lowest BCUT2D eigenvalue weighted by Gasteiger charge is -2.07. The Kier molecular flexibility index (Phi) is 5.48. The van der Waals surface area contributed by atoms with Crippen molar-refractivity contribution >= 4 is 17.5 Å². The number of hydrogen-bond donors (Lipinski definition) is 2. The van der Waals surface area contributed by atoms with Gasteiger partial charge in [-0.05, 0) is 36.8 Å². The predicted molar refractivity (Wildman–Crippen MR) is 87.4 cm³/mol. The maximum absolute atomic E-state index is 11.8. The molecule has 2 amide bonds. The monoisotopic (exact) mass is 307 g/mol. The summed E-state index contributed by atoms with van der Waals surface area (Å²) in [5.41, 5.74) is 3.18. The summed E-state index contributed by atoms with van der Waals surface area (Å²) in [6, 6.07) is 16.3. The smallest absolute Gasteiger partial charge is 0.233 e. The van der Waals surface area contributed by atoms with E-state index in [0.717, 1.165) is 11.1 Å². The molecular weight excluding hydrogens is 290 g/mol. The fourth-order valence-electron chi connectivity index (χ4n) is 2.06. The Morgan fingerprint density at radius 1 is 1.09 bits per heavy atom. The second kappa shape index (κ2) is 7.76. The molecular formula is C18H17N3O2. The average molecular weight is 307 g/mol. The lowest BCUT2D eigenvalue weighted by Crippen LogP contribution is -2.27. The van der Waals surface area contributed by atoms with E-state index in [1.165, 1.54) is 0 Å². The quantitative estimate of drug-likeness (QED) is 0.833. The van der Waals surface area contributed by atoms with Gasteiger partial charge in [0.2, 0.25) is 11.8 Å². The number of hydrogen-bond acceptors (Lipinski definition) is 3. The van der Waals surface area contributed by atoms with Crippen LogP contribution in [0.2, 0.25) is 0 Å². The Balaban J connectivity index is 1.80. The molecule has 5 nitrogen and oxygen atoms in total. The summed E-state index contributed by atoms with van der Waals surface area (Å²) in [7, 11) is 0. The van der Waals surface area contributed by atoms with Gasteiger partial charge >= 0.3 is 0 Å². The molecule has 0 aliphatic rings. The van der Waals surface area contributed by atoms with Gasteiger partial charge in [0.05, 0.1) is 11.6 Å². The number of nitrogens with zero attached hydrogens (tertiary/aromatic N) is 1. The highest BCUT2D eigenvalue weighted by Gasteiger charge is 2.09. The van der Waals surface area contributed by atoms with Crippen LogP contribution in [-0.4, -0.2) is 11.8 Å². The van der Waals surface area contributed by atoms with Crippen molar-refractivity contribution in [2.24, 2.45) is 0 Å². The SMILES string of the molecule is Cc1cccc(CNC(=O)CC(=O)Nc2ccc(C#N)cc2)c1. The van der Waals surface area contributed by atoms with Crippen molar-refractivity contribution in [3.63, 3.8) is 0 Å². The van der Waals surface area contributed by atoms with E-state index >= 15 is 0 Å². The second-order valence-corrected chi connectivity index (χ2v) is 5.18. The Labute approximate surface area is 134 Å². The highest BCUT2D eigenvalue weighted by molar-refractivity contribution is 6.03. The van der Waals surface area contributed by atoms with Crippen LogP contribution in [0.3, 0.4) is 0 Å². The van der Waals surface area contributed by atoms with Crippen LogP contribution < -0.4 is 10.6 Å². The zero-order chi connectivity index (χ0) is 16.7. The summed E-state index contributed by atoms with van der Waals surface area (Å²) in [5, 5.41) is 14.0.